The van der Waals surface area contributed by atoms with E-state index in [0.29, 0.717) is 0 Å². The average molecular weight is 362 g/mol. The van der Waals surface area contributed by atoms with Gasteiger partial charge < -0.3 is 5.32 Å². The van der Waals surface area contributed by atoms with E-state index in [1.807, 2.05) is 49.7 Å². The largest absolute Gasteiger partial charge is 0.373 e. The van der Waals surface area contributed by atoms with Gasteiger partial charge in [-0.2, -0.15) is 0 Å². The van der Waals surface area contributed by atoms with Gasteiger partial charge in [0.25, 0.3) is 0 Å². The molecule has 0 bridgehead atoms. The summed E-state index contributed by atoms with van der Waals surface area (Å²) in [5, 5.41) is 3.01. The van der Waals surface area contributed by atoms with Gasteiger partial charge in [0.15, 0.2) is 0 Å². The monoisotopic (exact) mass is 361 g/mol. The molecule has 1 aliphatic rings. The Morgan fingerprint density at radius 3 is 2.65 bits per heavy atom. The van der Waals surface area contributed by atoms with Gasteiger partial charge in [-0.1, -0.05) is 60.4 Å². The fourth-order valence-electron chi connectivity index (χ4n) is 2.53. The van der Waals surface area contributed by atoms with Crippen LogP contribution in [0.15, 0.2) is 82.8 Å². The molecule has 1 heterocycles. The lowest BCUT2D eigenvalue weighted by Gasteiger charge is -2.08. The molecule has 3 heteroatoms. The van der Waals surface area contributed by atoms with Crippen LogP contribution in [0.5, 0.6) is 0 Å². The van der Waals surface area contributed by atoms with Gasteiger partial charge in [-0.05, 0) is 54.8 Å². The third-order valence-corrected chi connectivity index (χ3v) is 5.22. The second-order valence-electron chi connectivity index (χ2n) is 6.23. The van der Waals surface area contributed by atoms with Gasteiger partial charge in [0.1, 0.15) is 5.82 Å². The Kier molecular flexibility index (Phi) is 5.79. The topological polar surface area (TPSA) is 24.9 Å². The quantitative estimate of drug-likeness (QED) is 0.454. The lowest BCUT2D eigenvalue weighted by molar-refractivity contribution is 1.26. The molecule has 0 spiro atoms. The number of aromatic nitrogens is 1. The summed E-state index contributed by atoms with van der Waals surface area (Å²) in [5.74, 6) is 2.24. The minimum Gasteiger partial charge on any atom is -0.373 e. The van der Waals surface area contributed by atoms with E-state index in [-0.39, 0.29) is 1.43 Å². The molecule has 2 aromatic rings. The molecule has 0 amide bonds. The van der Waals surface area contributed by atoms with Crippen molar-refractivity contribution >= 4 is 23.7 Å². The number of pyridine rings is 1. The fourth-order valence-corrected chi connectivity index (χ4v) is 3.37. The average Bonchev–Trinajstić information content (AvgIpc) is 3.38. The standard InChI is InChI=1S/C23H23N2S.H2/c1-16-9-11-20(21-13-17(21)2)14-22(16)26-18(3)7-5-6-8-19-10-12-23(24-4)25-15-19;/h5-15H,3H2,1-2,4H3,(H,24,25);1H/b7-5+,8-6+;. The first-order valence-corrected chi connectivity index (χ1v) is 9.40. The highest BCUT2D eigenvalue weighted by Gasteiger charge is 2.23. The summed E-state index contributed by atoms with van der Waals surface area (Å²) in [7, 11) is 1.86. The number of thioether (sulfide) groups is 1. The van der Waals surface area contributed by atoms with Crippen LogP contribution in [-0.2, 0) is 0 Å². The van der Waals surface area contributed by atoms with Gasteiger partial charge in [0.05, 0.1) is 5.92 Å². The minimum atomic E-state index is 0. The number of anilines is 1. The second kappa shape index (κ2) is 8.24. The van der Waals surface area contributed by atoms with Gasteiger partial charge in [-0.25, -0.2) is 4.98 Å². The van der Waals surface area contributed by atoms with Crippen LogP contribution < -0.4 is 5.32 Å². The highest BCUT2D eigenvalue weighted by atomic mass is 32.2. The number of nitrogens with zero attached hydrogens (tertiary/aromatic N) is 1. The van der Waals surface area contributed by atoms with E-state index in [2.05, 4.69) is 55.0 Å². The van der Waals surface area contributed by atoms with Crippen molar-refractivity contribution in [1.29, 1.82) is 0 Å². The third kappa shape index (κ3) is 4.77. The predicted molar refractivity (Wildman–Crippen MR) is 116 cm³/mol. The maximum atomic E-state index is 4.29. The van der Waals surface area contributed by atoms with E-state index in [1.54, 1.807) is 11.8 Å². The summed E-state index contributed by atoms with van der Waals surface area (Å²) in [6.45, 7) is 8.46. The van der Waals surface area contributed by atoms with Gasteiger partial charge in [-0.3, -0.25) is 0 Å². The number of aryl methyl sites for hydroxylation is 1. The molecule has 1 aromatic heterocycles. The van der Waals surface area contributed by atoms with Gasteiger partial charge in [-0.15, -0.1) is 0 Å². The number of hydrogen-bond acceptors (Lipinski definition) is 3. The van der Waals surface area contributed by atoms with Gasteiger partial charge >= 0.3 is 0 Å². The number of hydrogen-bond donors (Lipinski definition) is 1. The van der Waals surface area contributed by atoms with Crippen molar-refractivity contribution in [3.05, 3.63) is 100 Å². The van der Waals surface area contributed by atoms with Crippen molar-refractivity contribution < 1.29 is 1.43 Å². The molecule has 1 aliphatic carbocycles. The lowest BCUT2D eigenvalue weighted by atomic mass is 10.1. The molecule has 0 aliphatic heterocycles. The molecular weight excluding hydrogens is 336 g/mol. The first kappa shape index (κ1) is 18.3. The highest BCUT2D eigenvalue weighted by molar-refractivity contribution is 8.03. The molecule has 133 valence electrons. The maximum Gasteiger partial charge on any atom is 0.125 e. The third-order valence-electron chi connectivity index (χ3n) is 4.17. The number of benzene rings is 1. The molecular formula is C23H25N2S. The summed E-state index contributed by atoms with van der Waals surface area (Å²) in [6.07, 6.45) is 12.2. The van der Waals surface area contributed by atoms with Gasteiger partial charge in [0, 0.05) is 24.5 Å². The van der Waals surface area contributed by atoms with Crippen molar-refractivity contribution in [2.24, 2.45) is 0 Å². The predicted octanol–water partition coefficient (Wildman–Crippen LogP) is 6.44. The first-order chi connectivity index (χ1) is 12.6. The Morgan fingerprint density at radius 2 is 2.00 bits per heavy atom. The minimum absolute atomic E-state index is 0. The molecule has 0 saturated heterocycles. The number of nitrogens with one attached hydrogen (secondary N) is 1. The molecule has 2 nitrogen and oxygen atoms in total. The highest BCUT2D eigenvalue weighted by Crippen LogP contribution is 2.40. The number of allylic oxidation sites excluding steroid dienone is 5. The molecule has 0 atom stereocenters. The SMILES string of the molecule is C=C(/C=C/C=C/c1ccc(NC)nc1)Sc1cc([C]2C=C2C)ccc1C.[HH]. The molecule has 26 heavy (non-hydrogen) atoms. The summed E-state index contributed by atoms with van der Waals surface area (Å²) in [4.78, 5) is 6.57. The van der Waals surface area contributed by atoms with E-state index in [0.717, 1.165) is 16.3 Å². The van der Waals surface area contributed by atoms with Crippen LogP contribution in [0.3, 0.4) is 0 Å². The normalized spacial score (nSPS) is 14.0. The molecule has 3 rings (SSSR count). The lowest BCUT2D eigenvalue weighted by Crippen LogP contribution is -1.90. The van der Waals surface area contributed by atoms with Crippen LogP contribution in [0.1, 0.15) is 25.0 Å². The first-order valence-electron chi connectivity index (χ1n) is 8.59. The van der Waals surface area contributed by atoms with E-state index >= 15 is 0 Å². The van der Waals surface area contributed by atoms with Crippen LogP contribution >= 0.6 is 11.8 Å². The van der Waals surface area contributed by atoms with E-state index in [9.17, 15) is 0 Å². The Hall–Kier alpha value is -2.52. The van der Waals surface area contributed by atoms with Crippen LogP contribution in [0.25, 0.3) is 6.08 Å². The molecule has 1 radical (unpaired) electrons. The van der Waals surface area contributed by atoms with Gasteiger partial charge in [0.2, 0.25) is 0 Å². The van der Waals surface area contributed by atoms with Crippen molar-refractivity contribution in [3.63, 3.8) is 0 Å². The number of rotatable bonds is 7. The summed E-state index contributed by atoms with van der Waals surface area (Å²) >= 11 is 1.71. The van der Waals surface area contributed by atoms with Crippen molar-refractivity contribution in [3.8, 4) is 0 Å². The molecule has 0 saturated carbocycles. The molecule has 1 N–H and O–H groups in total. The zero-order valence-corrected chi connectivity index (χ0v) is 16.2. The van der Waals surface area contributed by atoms with Crippen LogP contribution in [0.2, 0.25) is 0 Å². The van der Waals surface area contributed by atoms with E-state index < -0.39 is 0 Å². The van der Waals surface area contributed by atoms with Crippen LogP contribution in [0, 0.1) is 12.8 Å². The van der Waals surface area contributed by atoms with E-state index in [1.165, 1.54) is 27.5 Å². The Balaban J connectivity index is 0.00000261. The van der Waals surface area contributed by atoms with Crippen LogP contribution in [-0.4, -0.2) is 12.0 Å². The van der Waals surface area contributed by atoms with Crippen molar-refractivity contribution in [2.45, 2.75) is 18.7 Å². The molecule has 0 fully saturated rings. The Morgan fingerprint density at radius 1 is 1.19 bits per heavy atom. The zero-order valence-electron chi connectivity index (χ0n) is 15.4. The summed E-state index contributed by atoms with van der Waals surface area (Å²) in [5.41, 5.74) is 5.02. The van der Waals surface area contributed by atoms with Crippen molar-refractivity contribution in [1.82, 2.24) is 4.98 Å². The smallest absolute Gasteiger partial charge is 0.125 e. The second-order valence-corrected chi connectivity index (χ2v) is 7.40. The maximum absolute atomic E-state index is 4.29. The zero-order chi connectivity index (χ0) is 18.5. The molecule has 0 unspecified atom stereocenters. The summed E-state index contributed by atoms with van der Waals surface area (Å²) < 4.78 is 0. The fraction of sp³-hybridized carbons (Fsp3) is 0.130. The van der Waals surface area contributed by atoms with Crippen LogP contribution in [0.4, 0.5) is 5.82 Å². The molecule has 1 aromatic carbocycles. The Bertz CT molecular complexity index is 895. The summed E-state index contributed by atoms with van der Waals surface area (Å²) in [6, 6.07) is 10.6. The Labute approximate surface area is 161 Å². The van der Waals surface area contributed by atoms with E-state index in [4.69, 9.17) is 0 Å². The van der Waals surface area contributed by atoms with Crippen molar-refractivity contribution in [2.75, 3.05) is 12.4 Å².